The summed E-state index contributed by atoms with van der Waals surface area (Å²) in [4.78, 5) is 37.3. The number of amides is 2. The quantitative estimate of drug-likeness (QED) is 0.135. The SMILES string of the molecule is COc1ccc(C(=O)Oc2ccc3ccccc3c2/C=N\NC(=O)CNC(=O)c2ccc(Cl)c(Cl)c2)cc1. The highest BCUT2D eigenvalue weighted by molar-refractivity contribution is 6.42. The number of hydrogen-bond acceptors (Lipinski definition) is 6. The Morgan fingerprint density at radius 2 is 1.63 bits per heavy atom. The summed E-state index contributed by atoms with van der Waals surface area (Å²) in [5.41, 5.74) is 3.45. The first kappa shape index (κ1) is 26.7. The molecule has 8 nitrogen and oxygen atoms in total. The highest BCUT2D eigenvalue weighted by atomic mass is 35.5. The lowest BCUT2D eigenvalue weighted by Gasteiger charge is -2.11. The molecule has 0 radical (unpaired) electrons. The predicted octanol–water partition coefficient (Wildman–Crippen LogP) is 5.25. The van der Waals surface area contributed by atoms with Crippen LogP contribution in [0.5, 0.6) is 11.5 Å². The molecule has 2 N–H and O–H groups in total. The van der Waals surface area contributed by atoms with Gasteiger partial charge in [0.15, 0.2) is 0 Å². The second-order valence-electron chi connectivity index (χ2n) is 7.92. The van der Waals surface area contributed by atoms with Crippen molar-refractivity contribution < 1.29 is 23.9 Å². The van der Waals surface area contributed by atoms with Crippen molar-refractivity contribution in [1.29, 1.82) is 0 Å². The van der Waals surface area contributed by atoms with Crippen LogP contribution < -0.4 is 20.2 Å². The number of esters is 1. The summed E-state index contributed by atoms with van der Waals surface area (Å²) < 4.78 is 10.8. The Morgan fingerprint density at radius 3 is 2.37 bits per heavy atom. The Labute approximate surface area is 228 Å². The van der Waals surface area contributed by atoms with Crippen LogP contribution in [0.1, 0.15) is 26.3 Å². The van der Waals surface area contributed by atoms with Gasteiger partial charge >= 0.3 is 5.97 Å². The standard InChI is InChI=1S/C28H21Cl2N3O5/c1-37-20-10-6-18(7-11-20)28(36)38-25-13-9-17-4-2-3-5-21(17)22(25)15-32-33-26(34)16-31-27(35)19-8-12-23(29)24(30)14-19/h2-15H,16H2,1H3,(H,31,35)(H,33,34)/b32-15-. The van der Waals surface area contributed by atoms with Crippen LogP contribution in [0.3, 0.4) is 0 Å². The highest BCUT2D eigenvalue weighted by Gasteiger charge is 2.14. The monoisotopic (exact) mass is 549 g/mol. The van der Waals surface area contributed by atoms with E-state index in [1.807, 2.05) is 30.3 Å². The fraction of sp³-hybridized carbons (Fsp3) is 0.0714. The van der Waals surface area contributed by atoms with E-state index < -0.39 is 17.8 Å². The van der Waals surface area contributed by atoms with E-state index in [0.29, 0.717) is 21.9 Å². The zero-order chi connectivity index (χ0) is 27.1. The van der Waals surface area contributed by atoms with Crippen LogP contribution in [0.25, 0.3) is 10.8 Å². The molecule has 0 saturated heterocycles. The number of carbonyl (C=O) groups is 3. The number of methoxy groups -OCH3 is 1. The number of halogens is 2. The van der Waals surface area contributed by atoms with E-state index in [2.05, 4.69) is 15.8 Å². The minimum atomic E-state index is -0.563. The fourth-order valence-electron chi connectivity index (χ4n) is 3.49. The number of benzene rings is 4. The molecule has 0 aliphatic heterocycles. The summed E-state index contributed by atoms with van der Waals surface area (Å²) >= 11 is 11.8. The lowest BCUT2D eigenvalue weighted by molar-refractivity contribution is -0.120. The number of rotatable bonds is 8. The Hall–Kier alpha value is -4.40. The molecule has 4 rings (SSSR count). The van der Waals surface area contributed by atoms with Gasteiger partial charge in [-0.1, -0.05) is 53.5 Å². The van der Waals surface area contributed by atoms with Gasteiger partial charge in [0.2, 0.25) is 0 Å². The Kier molecular flexibility index (Phi) is 8.58. The molecule has 0 unspecified atom stereocenters. The van der Waals surface area contributed by atoms with E-state index in [1.165, 1.54) is 31.5 Å². The number of nitrogens with zero attached hydrogens (tertiary/aromatic N) is 1. The lowest BCUT2D eigenvalue weighted by atomic mass is 10.0. The van der Waals surface area contributed by atoms with Gasteiger partial charge in [0.05, 0.1) is 35.5 Å². The average molecular weight is 550 g/mol. The van der Waals surface area contributed by atoms with E-state index >= 15 is 0 Å². The minimum Gasteiger partial charge on any atom is -0.497 e. The molecular weight excluding hydrogens is 529 g/mol. The summed E-state index contributed by atoms with van der Waals surface area (Å²) in [5.74, 6) is -0.748. The summed E-state index contributed by atoms with van der Waals surface area (Å²) in [6, 6.07) is 21.9. The molecule has 0 bridgehead atoms. The van der Waals surface area contributed by atoms with Gasteiger partial charge < -0.3 is 14.8 Å². The van der Waals surface area contributed by atoms with Crippen molar-refractivity contribution in [3.05, 3.63) is 106 Å². The van der Waals surface area contributed by atoms with Gasteiger partial charge in [0.25, 0.3) is 11.8 Å². The van der Waals surface area contributed by atoms with Crippen molar-refractivity contribution in [2.75, 3.05) is 13.7 Å². The Morgan fingerprint density at radius 1 is 0.895 bits per heavy atom. The van der Waals surface area contributed by atoms with Gasteiger partial charge in [-0.15, -0.1) is 0 Å². The number of fused-ring (bicyclic) bond motifs is 1. The smallest absolute Gasteiger partial charge is 0.343 e. The van der Waals surface area contributed by atoms with Gasteiger partial charge in [0.1, 0.15) is 11.5 Å². The minimum absolute atomic E-state index is 0.229. The summed E-state index contributed by atoms with van der Waals surface area (Å²) in [6.07, 6.45) is 1.39. The normalized spacial score (nSPS) is 10.8. The van der Waals surface area contributed by atoms with Crippen molar-refractivity contribution >= 4 is 58.0 Å². The second-order valence-corrected chi connectivity index (χ2v) is 8.74. The first-order valence-electron chi connectivity index (χ1n) is 11.3. The molecule has 10 heteroatoms. The van der Waals surface area contributed by atoms with Gasteiger partial charge in [-0.05, 0) is 59.3 Å². The molecule has 0 spiro atoms. The fourth-order valence-corrected chi connectivity index (χ4v) is 3.79. The molecule has 2 amide bonds. The molecule has 0 fully saturated rings. The van der Waals surface area contributed by atoms with E-state index in [4.69, 9.17) is 32.7 Å². The van der Waals surface area contributed by atoms with Crippen molar-refractivity contribution in [2.24, 2.45) is 5.10 Å². The van der Waals surface area contributed by atoms with Crippen LogP contribution in [-0.4, -0.2) is 37.7 Å². The van der Waals surface area contributed by atoms with Gasteiger partial charge in [-0.25, -0.2) is 10.2 Å². The van der Waals surface area contributed by atoms with E-state index in [1.54, 1.807) is 30.3 Å². The number of hydrazone groups is 1. The summed E-state index contributed by atoms with van der Waals surface area (Å²) in [5, 5.41) is 8.69. The molecule has 38 heavy (non-hydrogen) atoms. The molecule has 0 atom stereocenters. The lowest BCUT2D eigenvalue weighted by Crippen LogP contribution is -2.34. The van der Waals surface area contributed by atoms with Gasteiger partial charge in [-0.2, -0.15) is 5.10 Å². The van der Waals surface area contributed by atoms with E-state index in [-0.39, 0.29) is 22.9 Å². The van der Waals surface area contributed by atoms with Crippen LogP contribution in [-0.2, 0) is 4.79 Å². The van der Waals surface area contributed by atoms with Crippen LogP contribution >= 0.6 is 23.2 Å². The first-order chi connectivity index (χ1) is 18.4. The van der Waals surface area contributed by atoms with Crippen molar-refractivity contribution in [2.45, 2.75) is 0 Å². The molecule has 0 saturated carbocycles. The van der Waals surface area contributed by atoms with Crippen molar-refractivity contribution in [3.63, 3.8) is 0 Å². The molecule has 192 valence electrons. The number of ether oxygens (including phenoxy) is 2. The maximum atomic E-state index is 12.8. The third-order valence-electron chi connectivity index (χ3n) is 5.43. The van der Waals surface area contributed by atoms with Crippen LogP contribution in [0, 0.1) is 0 Å². The highest BCUT2D eigenvalue weighted by Crippen LogP contribution is 2.28. The Balaban J connectivity index is 1.46. The molecule has 0 aliphatic carbocycles. The third-order valence-corrected chi connectivity index (χ3v) is 6.17. The van der Waals surface area contributed by atoms with Crippen LogP contribution in [0.4, 0.5) is 0 Å². The predicted molar refractivity (Wildman–Crippen MR) is 146 cm³/mol. The molecule has 0 aromatic heterocycles. The molecular formula is C28H21Cl2N3O5. The van der Waals surface area contributed by atoms with E-state index in [0.717, 1.165) is 10.8 Å². The topological polar surface area (TPSA) is 106 Å². The molecule has 4 aromatic carbocycles. The first-order valence-corrected chi connectivity index (χ1v) is 12.0. The van der Waals surface area contributed by atoms with Gasteiger partial charge in [-0.3, -0.25) is 9.59 Å². The molecule has 0 aliphatic rings. The average Bonchev–Trinajstić information content (AvgIpc) is 2.94. The molecule has 0 heterocycles. The third kappa shape index (κ3) is 6.47. The van der Waals surface area contributed by atoms with Crippen molar-refractivity contribution in [1.82, 2.24) is 10.7 Å². The van der Waals surface area contributed by atoms with E-state index in [9.17, 15) is 14.4 Å². The largest absolute Gasteiger partial charge is 0.497 e. The summed E-state index contributed by atoms with van der Waals surface area (Å²) in [7, 11) is 1.54. The second kappa shape index (κ2) is 12.2. The molecule has 4 aromatic rings. The number of hydrogen-bond donors (Lipinski definition) is 2. The maximum Gasteiger partial charge on any atom is 0.343 e. The number of nitrogens with one attached hydrogen (secondary N) is 2. The Bertz CT molecular complexity index is 1540. The number of carbonyl (C=O) groups excluding carboxylic acids is 3. The summed E-state index contributed by atoms with van der Waals surface area (Å²) in [6.45, 7) is -0.328. The van der Waals surface area contributed by atoms with Crippen LogP contribution in [0.15, 0.2) is 84.0 Å². The zero-order valence-corrected chi connectivity index (χ0v) is 21.5. The zero-order valence-electron chi connectivity index (χ0n) is 20.0. The maximum absolute atomic E-state index is 12.8. The van der Waals surface area contributed by atoms with Crippen LogP contribution in [0.2, 0.25) is 10.0 Å². The van der Waals surface area contributed by atoms with Crippen molar-refractivity contribution in [3.8, 4) is 11.5 Å². The van der Waals surface area contributed by atoms with Gasteiger partial charge in [0, 0.05) is 11.1 Å².